The van der Waals surface area contributed by atoms with Crippen LogP contribution in [0.4, 0.5) is 0 Å². The van der Waals surface area contributed by atoms with Gasteiger partial charge in [-0.05, 0) is 0 Å². The smallest absolute Gasteiger partial charge is 0.412 e. The summed E-state index contributed by atoms with van der Waals surface area (Å²) in [6.45, 7) is -0.891. The van der Waals surface area contributed by atoms with Gasteiger partial charge in [0.05, 0.1) is 0 Å². The summed E-state index contributed by atoms with van der Waals surface area (Å²) in [6.07, 6.45) is 0.764. The molecule has 0 amide bonds. The standard InChI is InChI=1S/C14H19N2P.H2O/c1-2-17(15,16,13-9-5-3-6-10-13)14-11-7-4-8-12-14;/h3-12H,2,15-16H2,1H3;1H2. The second kappa shape index (κ2) is 5.17. The first kappa shape index (κ1) is 14.8. The van der Waals surface area contributed by atoms with Crippen LogP contribution in [-0.4, -0.2) is 11.6 Å². The van der Waals surface area contributed by atoms with Gasteiger partial charge in [0.25, 0.3) is 0 Å². The summed E-state index contributed by atoms with van der Waals surface area (Å²) in [5, 5.41) is 2.12. The van der Waals surface area contributed by atoms with Gasteiger partial charge in [-0.15, -0.1) is 0 Å². The molecule has 6 N–H and O–H groups in total. The number of hydrogen-bond acceptors (Lipinski definition) is 2. The Morgan fingerprint density at radius 3 is 1.39 bits per heavy atom. The maximum atomic E-state index is 6.69. The predicted octanol–water partition coefficient (Wildman–Crippen LogP) is 1.13. The molecule has 0 radical (unpaired) electrons. The zero-order valence-electron chi connectivity index (χ0n) is 10.6. The average Bonchev–Trinajstić information content (AvgIpc) is 2.41. The number of rotatable bonds is 3. The second-order valence-corrected chi connectivity index (χ2v) is 9.03. The largest absolute Gasteiger partial charge is 0.412 e. The van der Waals surface area contributed by atoms with Crippen LogP contribution < -0.4 is 21.6 Å². The van der Waals surface area contributed by atoms with Crippen LogP contribution >= 0.6 is 6.90 Å². The summed E-state index contributed by atoms with van der Waals surface area (Å²) in [6, 6.07) is 20.1. The van der Waals surface area contributed by atoms with E-state index in [4.69, 9.17) is 11.0 Å². The van der Waals surface area contributed by atoms with Crippen molar-refractivity contribution in [3.8, 4) is 0 Å². The van der Waals surface area contributed by atoms with E-state index < -0.39 is 6.90 Å². The third-order valence-corrected chi connectivity index (χ3v) is 7.81. The van der Waals surface area contributed by atoms with Crippen LogP contribution in [0.3, 0.4) is 0 Å². The second-order valence-electron chi connectivity index (χ2n) is 4.45. The van der Waals surface area contributed by atoms with Crippen molar-refractivity contribution in [3.63, 3.8) is 0 Å². The SMILES string of the molecule is CCP(N)(N)(c1ccccc1)c1ccccc1.O. The van der Waals surface area contributed by atoms with E-state index in [1.807, 2.05) is 60.7 Å². The zero-order chi connectivity index (χ0) is 12.4. The average molecular weight is 264 g/mol. The van der Waals surface area contributed by atoms with Crippen molar-refractivity contribution < 1.29 is 5.48 Å². The molecule has 4 heteroatoms. The number of hydrogen-bond donors (Lipinski definition) is 2. The van der Waals surface area contributed by atoms with E-state index in [0.29, 0.717) is 0 Å². The summed E-state index contributed by atoms with van der Waals surface area (Å²) < 4.78 is 0. The predicted molar refractivity (Wildman–Crippen MR) is 81.6 cm³/mol. The van der Waals surface area contributed by atoms with Crippen LogP contribution in [0.1, 0.15) is 6.92 Å². The van der Waals surface area contributed by atoms with Crippen LogP contribution in [0.15, 0.2) is 60.7 Å². The quantitative estimate of drug-likeness (QED) is 0.815. The molecule has 3 nitrogen and oxygen atoms in total. The molecule has 0 bridgehead atoms. The van der Waals surface area contributed by atoms with E-state index in [2.05, 4.69) is 6.92 Å². The number of nitrogens with two attached hydrogens (primary N) is 2. The van der Waals surface area contributed by atoms with Crippen LogP contribution in [0.2, 0.25) is 0 Å². The van der Waals surface area contributed by atoms with Crippen molar-refractivity contribution in [3.05, 3.63) is 60.7 Å². The first-order valence-electron chi connectivity index (χ1n) is 5.81. The third kappa shape index (κ3) is 2.31. The molecule has 0 fully saturated rings. The number of benzene rings is 2. The first-order valence-corrected chi connectivity index (χ1v) is 8.37. The Hall–Kier alpha value is -1.25. The zero-order valence-corrected chi connectivity index (χ0v) is 11.5. The molecule has 0 saturated carbocycles. The molecule has 2 rings (SSSR count). The minimum Gasteiger partial charge on any atom is -0.412 e. The van der Waals surface area contributed by atoms with Crippen molar-refractivity contribution in [1.29, 1.82) is 0 Å². The molecule has 0 aromatic heterocycles. The molecule has 0 aliphatic rings. The van der Waals surface area contributed by atoms with Crippen molar-refractivity contribution in [1.82, 2.24) is 0 Å². The third-order valence-electron chi connectivity index (χ3n) is 3.41. The van der Waals surface area contributed by atoms with Crippen LogP contribution in [0, 0.1) is 0 Å². The molecule has 98 valence electrons. The van der Waals surface area contributed by atoms with Crippen molar-refractivity contribution in [2.45, 2.75) is 6.92 Å². The van der Waals surface area contributed by atoms with Gasteiger partial charge in [0, 0.05) is 0 Å². The fraction of sp³-hybridized carbons (Fsp3) is 0.143. The molecule has 0 atom stereocenters. The molecule has 0 saturated heterocycles. The Bertz CT molecular complexity index is 456. The molecule has 2 aromatic rings. The van der Waals surface area contributed by atoms with Gasteiger partial charge >= 0.3 is 102 Å². The molecule has 18 heavy (non-hydrogen) atoms. The molecular formula is C14H21N2OP. The van der Waals surface area contributed by atoms with Crippen LogP contribution in [-0.2, 0) is 0 Å². The minimum absolute atomic E-state index is 0. The van der Waals surface area contributed by atoms with E-state index >= 15 is 0 Å². The van der Waals surface area contributed by atoms with Gasteiger partial charge in [0.1, 0.15) is 0 Å². The Kier molecular flexibility index (Phi) is 4.25. The van der Waals surface area contributed by atoms with Crippen molar-refractivity contribution in [2.24, 2.45) is 11.0 Å². The minimum atomic E-state index is -2.96. The summed E-state index contributed by atoms with van der Waals surface area (Å²) in [7, 11) is 0. The fourth-order valence-corrected chi connectivity index (χ4v) is 4.86. The van der Waals surface area contributed by atoms with Gasteiger partial charge < -0.3 is 5.48 Å². The van der Waals surface area contributed by atoms with Gasteiger partial charge in [-0.25, -0.2) is 0 Å². The maximum absolute atomic E-state index is 6.69. The first-order chi connectivity index (χ1) is 8.07. The molecule has 0 aliphatic heterocycles. The monoisotopic (exact) mass is 264 g/mol. The van der Waals surface area contributed by atoms with E-state index in [9.17, 15) is 0 Å². The van der Waals surface area contributed by atoms with Gasteiger partial charge in [0.15, 0.2) is 0 Å². The maximum Gasteiger partial charge on any atom is -0.412 e. The van der Waals surface area contributed by atoms with Crippen LogP contribution in [0.25, 0.3) is 0 Å². The fourth-order valence-electron chi connectivity index (χ4n) is 2.07. The van der Waals surface area contributed by atoms with Crippen molar-refractivity contribution >= 4 is 17.5 Å². The summed E-state index contributed by atoms with van der Waals surface area (Å²) in [5.41, 5.74) is 13.4. The summed E-state index contributed by atoms with van der Waals surface area (Å²) in [4.78, 5) is 0. The van der Waals surface area contributed by atoms with Gasteiger partial charge in [-0.3, -0.25) is 0 Å². The molecule has 0 unspecified atom stereocenters. The van der Waals surface area contributed by atoms with Gasteiger partial charge in [0.2, 0.25) is 0 Å². The Morgan fingerprint density at radius 1 is 0.778 bits per heavy atom. The van der Waals surface area contributed by atoms with Gasteiger partial charge in [-0.1, -0.05) is 0 Å². The normalized spacial score (nSPS) is 13.2. The van der Waals surface area contributed by atoms with E-state index in [-0.39, 0.29) is 5.48 Å². The summed E-state index contributed by atoms with van der Waals surface area (Å²) in [5.74, 6) is 0. The van der Waals surface area contributed by atoms with E-state index in [0.717, 1.165) is 16.8 Å². The Morgan fingerprint density at radius 2 is 1.11 bits per heavy atom. The van der Waals surface area contributed by atoms with Crippen molar-refractivity contribution in [2.75, 3.05) is 6.16 Å². The molecular weight excluding hydrogens is 243 g/mol. The Labute approximate surface area is 108 Å². The summed E-state index contributed by atoms with van der Waals surface area (Å²) >= 11 is 0. The van der Waals surface area contributed by atoms with E-state index in [1.165, 1.54) is 0 Å². The Balaban J connectivity index is 0.00000162. The van der Waals surface area contributed by atoms with E-state index in [1.54, 1.807) is 0 Å². The molecule has 0 aliphatic carbocycles. The van der Waals surface area contributed by atoms with Crippen LogP contribution in [0.5, 0.6) is 0 Å². The molecule has 2 aromatic carbocycles. The molecule has 0 heterocycles. The molecule has 0 spiro atoms. The topological polar surface area (TPSA) is 83.5 Å². The van der Waals surface area contributed by atoms with Gasteiger partial charge in [-0.2, -0.15) is 0 Å².